The van der Waals surface area contributed by atoms with Crippen LogP contribution in [-0.4, -0.2) is 11.7 Å². The van der Waals surface area contributed by atoms with Gasteiger partial charge in [0.15, 0.2) is 0 Å². The minimum atomic E-state index is -0.281. The highest BCUT2D eigenvalue weighted by Crippen LogP contribution is 2.26. The molecule has 0 aromatic heterocycles. The minimum absolute atomic E-state index is 0.0768. The molecule has 0 unspecified atom stereocenters. The Morgan fingerprint density at radius 3 is 2.85 bits per heavy atom. The summed E-state index contributed by atoms with van der Waals surface area (Å²) in [5, 5.41) is 8.67. The maximum absolute atomic E-state index is 13.3. The van der Waals surface area contributed by atoms with Gasteiger partial charge in [0.1, 0.15) is 5.82 Å². The predicted octanol–water partition coefficient (Wildman–Crippen LogP) is 2.98. The van der Waals surface area contributed by atoms with E-state index in [4.69, 9.17) is 5.11 Å². The summed E-state index contributed by atoms with van der Waals surface area (Å²) in [5.41, 5.74) is 1.24. The molecule has 0 aliphatic heterocycles. The monoisotopic (exact) mass is 244 g/mol. The van der Waals surface area contributed by atoms with E-state index >= 15 is 0 Å². The first-order valence-corrected chi connectivity index (χ1v) is 4.68. The molecule has 0 saturated carbocycles. The number of halogens is 2. The Bertz CT molecular complexity index is 313. The SMILES string of the molecule is C/C(=C\CO)c1c(F)cccc1Br. The lowest BCUT2D eigenvalue weighted by atomic mass is 10.1. The molecule has 0 fully saturated rings. The van der Waals surface area contributed by atoms with Gasteiger partial charge in [-0.15, -0.1) is 0 Å². The third-order valence-corrected chi connectivity index (χ3v) is 2.42. The zero-order valence-electron chi connectivity index (χ0n) is 7.22. The number of benzene rings is 1. The van der Waals surface area contributed by atoms with Crippen molar-refractivity contribution >= 4 is 21.5 Å². The van der Waals surface area contributed by atoms with E-state index in [0.717, 1.165) is 5.57 Å². The highest BCUT2D eigenvalue weighted by atomic mass is 79.9. The fraction of sp³-hybridized carbons (Fsp3) is 0.200. The van der Waals surface area contributed by atoms with E-state index in [0.29, 0.717) is 10.0 Å². The molecule has 1 N–H and O–H groups in total. The number of rotatable bonds is 2. The van der Waals surface area contributed by atoms with Gasteiger partial charge in [-0.05, 0) is 24.6 Å². The number of aliphatic hydroxyl groups excluding tert-OH is 1. The number of hydrogen-bond acceptors (Lipinski definition) is 1. The van der Waals surface area contributed by atoms with Crippen LogP contribution in [0.5, 0.6) is 0 Å². The first-order chi connectivity index (χ1) is 6.16. The van der Waals surface area contributed by atoms with Crippen molar-refractivity contribution in [1.82, 2.24) is 0 Å². The Morgan fingerprint density at radius 2 is 2.31 bits per heavy atom. The van der Waals surface area contributed by atoms with Crippen molar-refractivity contribution in [2.24, 2.45) is 0 Å². The Kier molecular flexibility index (Phi) is 3.63. The van der Waals surface area contributed by atoms with Crippen molar-refractivity contribution in [1.29, 1.82) is 0 Å². The zero-order chi connectivity index (χ0) is 9.84. The molecule has 1 rings (SSSR count). The Labute approximate surface area is 85.0 Å². The Balaban J connectivity index is 3.20. The summed E-state index contributed by atoms with van der Waals surface area (Å²) in [6.07, 6.45) is 1.57. The van der Waals surface area contributed by atoms with E-state index < -0.39 is 0 Å². The summed E-state index contributed by atoms with van der Waals surface area (Å²) in [4.78, 5) is 0. The second-order valence-corrected chi connectivity index (χ2v) is 3.52. The molecule has 1 aromatic rings. The van der Waals surface area contributed by atoms with Crippen molar-refractivity contribution < 1.29 is 9.50 Å². The van der Waals surface area contributed by atoms with E-state index in [9.17, 15) is 4.39 Å². The molecule has 13 heavy (non-hydrogen) atoms. The van der Waals surface area contributed by atoms with Crippen LogP contribution in [0.4, 0.5) is 4.39 Å². The van der Waals surface area contributed by atoms with Gasteiger partial charge in [0.25, 0.3) is 0 Å². The van der Waals surface area contributed by atoms with Crippen molar-refractivity contribution in [3.8, 4) is 0 Å². The molecule has 0 atom stereocenters. The van der Waals surface area contributed by atoms with Crippen LogP contribution in [0, 0.1) is 5.82 Å². The van der Waals surface area contributed by atoms with E-state index in [1.54, 1.807) is 25.1 Å². The van der Waals surface area contributed by atoms with Crippen LogP contribution in [0.15, 0.2) is 28.7 Å². The number of allylic oxidation sites excluding steroid dienone is 1. The molecule has 0 radical (unpaired) electrons. The molecular weight excluding hydrogens is 235 g/mol. The molecule has 0 heterocycles. The quantitative estimate of drug-likeness (QED) is 0.849. The van der Waals surface area contributed by atoms with Gasteiger partial charge in [-0.1, -0.05) is 28.1 Å². The summed E-state index contributed by atoms with van der Waals surface area (Å²) in [6, 6.07) is 4.80. The standard InChI is InChI=1S/C10H10BrFO/c1-7(5-6-13)10-8(11)3-2-4-9(10)12/h2-5,13H,6H2,1H3/b7-5+. The molecule has 70 valence electrons. The first-order valence-electron chi connectivity index (χ1n) is 3.89. The predicted molar refractivity (Wildman–Crippen MR) is 54.8 cm³/mol. The topological polar surface area (TPSA) is 20.2 Å². The van der Waals surface area contributed by atoms with Gasteiger partial charge in [-0.3, -0.25) is 0 Å². The normalized spacial score (nSPS) is 11.8. The maximum Gasteiger partial charge on any atom is 0.131 e. The maximum atomic E-state index is 13.3. The lowest BCUT2D eigenvalue weighted by Crippen LogP contribution is -1.89. The molecule has 0 bridgehead atoms. The summed E-state index contributed by atoms with van der Waals surface area (Å²) < 4.78 is 14.0. The van der Waals surface area contributed by atoms with Crippen molar-refractivity contribution in [3.05, 3.63) is 40.1 Å². The van der Waals surface area contributed by atoms with Gasteiger partial charge in [-0.25, -0.2) is 4.39 Å². The third kappa shape index (κ3) is 2.39. The second kappa shape index (κ2) is 4.53. The Hall–Kier alpha value is -0.670. The third-order valence-electron chi connectivity index (χ3n) is 1.75. The van der Waals surface area contributed by atoms with Crippen molar-refractivity contribution in [2.75, 3.05) is 6.61 Å². The molecule has 3 heteroatoms. The molecule has 1 nitrogen and oxygen atoms in total. The summed E-state index contributed by atoms with van der Waals surface area (Å²) in [7, 11) is 0. The number of hydrogen-bond donors (Lipinski definition) is 1. The van der Waals surface area contributed by atoms with E-state index in [1.807, 2.05) is 0 Å². The van der Waals surface area contributed by atoms with Crippen LogP contribution in [-0.2, 0) is 0 Å². The first kappa shape index (κ1) is 10.4. The van der Waals surface area contributed by atoms with Crippen LogP contribution >= 0.6 is 15.9 Å². The average Bonchev–Trinajstić information content (AvgIpc) is 2.04. The molecule has 0 spiro atoms. The van der Waals surface area contributed by atoms with E-state index in [2.05, 4.69) is 15.9 Å². The molecular formula is C10H10BrFO. The van der Waals surface area contributed by atoms with Crippen molar-refractivity contribution in [2.45, 2.75) is 6.92 Å². The van der Waals surface area contributed by atoms with Crippen LogP contribution in [0.1, 0.15) is 12.5 Å². The number of aliphatic hydroxyl groups is 1. The van der Waals surface area contributed by atoms with Gasteiger partial charge in [0.05, 0.1) is 6.61 Å². The highest BCUT2D eigenvalue weighted by Gasteiger charge is 2.06. The molecule has 0 amide bonds. The Morgan fingerprint density at radius 1 is 1.62 bits per heavy atom. The average molecular weight is 245 g/mol. The zero-order valence-corrected chi connectivity index (χ0v) is 8.81. The summed E-state index contributed by atoms with van der Waals surface area (Å²) >= 11 is 3.26. The van der Waals surface area contributed by atoms with Crippen LogP contribution in [0.2, 0.25) is 0 Å². The summed E-state index contributed by atoms with van der Waals surface area (Å²) in [5.74, 6) is -0.281. The van der Waals surface area contributed by atoms with Crippen LogP contribution in [0.25, 0.3) is 5.57 Å². The lowest BCUT2D eigenvalue weighted by Gasteiger charge is -2.05. The highest BCUT2D eigenvalue weighted by molar-refractivity contribution is 9.10. The molecule has 0 aliphatic carbocycles. The van der Waals surface area contributed by atoms with Gasteiger partial charge in [-0.2, -0.15) is 0 Å². The van der Waals surface area contributed by atoms with Gasteiger partial charge >= 0.3 is 0 Å². The smallest absolute Gasteiger partial charge is 0.131 e. The van der Waals surface area contributed by atoms with Crippen molar-refractivity contribution in [3.63, 3.8) is 0 Å². The molecule has 0 aliphatic rings. The second-order valence-electron chi connectivity index (χ2n) is 2.67. The van der Waals surface area contributed by atoms with Gasteiger partial charge < -0.3 is 5.11 Å². The fourth-order valence-electron chi connectivity index (χ4n) is 1.11. The van der Waals surface area contributed by atoms with Gasteiger partial charge in [0, 0.05) is 10.0 Å². The van der Waals surface area contributed by atoms with Crippen LogP contribution < -0.4 is 0 Å². The van der Waals surface area contributed by atoms with Gasteiger partial charge in [0.2, 0.25) is 0 Å². The molecule has 0 saturated heterocycles. The minimum Gasteiger partial charge on any atom is -0.392 e. The van der Waals surface area contributed by atoms with Crippen LogP contribution in [0.3, 0.4) is 0 Å². The van der Waals surface area contributed by atoms with E-state index in [-0.39, 0.29) is 12.4 Å². The largest absolute Gasteiger partial charge is 0.392 e. The fourth-order valence-corrected chi connectivity index (χ4v) is 1.77. The lowest BCUT2D eigenvalue weighted by molar-refractivity contribution is 0.343. The summed E-state index contributed by atoms with van der Waals surface area (Å²) in [6.45, 7) is 1.69. The van der Waals surface area contributed by atoms with E-state index in [1.165, 1.54) is 6.07 Å². The molecule has 1 aromatic carbocycles.